The lowest BCUT2D eigenvalue weighted by molar-refractivity contribution is 0.163. The SMILES string of the molecule is CCC1CCCN(Cc2cocn2)C1. The topological polar surface area (TPSA) is 29.3 Å². The van der Waals surface area contributed by atoms with E-state index in [9.17, 15) is 0 Å². The van der Waals surface area contributed by atoms with Crippen molar-refractivity contribution >= 4 is 0 Å². The molecule has 1 atom stereocenters. The summed E-state index contributed by atoms with van der Waals surface area (Å²) < 4.78 is 4.97. The second-order valence-electron chi connectivity index (χ2n) is 4.13. The van der Waals surface area contributed by atoms with Crippen LogP contribution in [0, 0.1) is 5.92 Å². The maximum absolute atomic E-state index is 4.97. The van der Waals surface area contributed by atoms with Gasteiger partial charge in [-0.2, -0.15) is 0 Å². The summed E-state index contributed by atoms with van der Waals surface area (Å²) in [4.78, 5) is 6.63. The standard InChI is InChI=1S/C11H18N2O/c1-2-10-4-3-5-13(6-10)7-11-8-14-9-12-11/h8-10H,2-7H2,1H3. The van der Waals surface area contributed by atoms with Gasteiger partial charge in [-0.3, -0.25) is 4.90 Å². The molecule has 0 amide bonds. The van der Waals surface area contributed by atoms with Crippen LogP contribution in [0.2, 0.25) is 0 Å². The summed E-state index contributed by atoms with van der Waals surface area (Å²) in [6.07, 6.45) is 7.28. The molecule has 1 unspecified atom stereocenters. The van der Waals surface area contributed by atoms with E-state index in [-0.39, 0.29) is 0 Å². The van der Waals surface area contributed by atoms with Gasteiger partial charge >= 0.3 is 0 Å². The van der Waals surface area contributed by atoms with Crippen LogP contribution in [-0.4, -0.2) is 23.0 Å². The summed E-state index contributed by atoms with van der Waals surface area (Å²) >= 11 is 0. The number of aromatic nitrogens is 1. The Balaban J connectivity index is 1.86. The highest BCUT2D eigenvalue weighted by Gasteiger charge is 2.18. The Hall–Kier alpha value is -0.830. The first-order valence-corrected chi connectivity index (χ1v) is 5.48. The molecule has 1 fully saturated rings. The van der Waals surface area contributed by atoms with E-state index in [2.05, 4.69) is 16.8 Å². The van der Waals surface area contributed by atoms with E-state index in [4.69, 9.17) is 4.42 Å². The minimum absolute atomic E-state index is 0.885. The highest BCUT2D eigenvalue weighted by molar-refractivity contribution is 4.91. The van der Waals surface area contributed by atoms with Gasteiger partial charge in [0.15, 0.2) is 6.39 Å². The van der Waals surface area contributed by atoms with E-state index in [1.807, 2.05) is 0 Å². The lowest BCUT2D eigenvalue weighted by Crippen LogP contribution is -2.34. The minimum atomic E-state index is 0.885. The fourth-order valence-electron chi connectivity index (χ4n) is 2.17. The number of hydrogen-bond donors (Lipinski definition) is 0. The van der Waals surface area contributed by atoms with Crippen LogP contribution < -0.4 is 0 Å². The molecule has 0 aliphatic carbocycles. The van der Waals surface area contributed by atoms with Gasteiger partial charge in [-0.25, -0.2) is 4.98 Å². The molecule has 0 aromatic carbocycles. The molecule has 2 heterocycles. The van der Waals surface area contributed by atoms with Gasteiger partial charge in [0.05, 0.1) is 5.69 Å². The first-order chi connectivity index (χ1) is 6.88. The van der Waals surface area contributed by atoms with E-state index in [0.717, 1.165) is 18.2 Å². The van der Waals surface area contributed by atoms with E-state index >= 15 is 0 Å². The summed E-state index contributed by atoms with van der Waals surface area (Å²) in [5.74, 6) is 0.885. The van der Waals surface area contributed by atoms with Crippen LogP contribution >= 0.6 is 0 Å². The third kappa shape index (κ3) is 2.35. The smallest absolute Gasteiger partial charge is 0.180 e. The number of likely N-dealkylation sites (tertiary alicyclic amines) is 1. The van der Waals surface area contributed by atoms with Gasteiger partial charge in [-0.05, 0) is 25.3 Å². The van der Waals surface area contributed by atoms with Gasteiger partial charge in [0.25, 0.3) is 0 Å². The Morgan fingerprint density at radius 1 is 1.64 bits per heavy atom. The van der Waals surface area contributed by atoms with Crippen molar-refractivity contribution in [2.45, 2.75) is 32.7 Å². The Morgan fingerprint density at radius 3 is 3.29 bits per heavy atom. The zero-order valence-corrected chi connectivity index (χ0v) is 8.78. The van der Waals surface area contributed by atoms with Crippen molar-refractivity contribution in [2.24, 2.45) is 5.92 Å². The molecular formula is C11H18N2O. The van der Waals surface area contributed by atoms with Gasteiger partial charge in [0.1, 0.15) is 6.26 Å². The molecule has 1 aromatic rings. The number of rotatable bonds is 3. The van der Waals surface area contributed by atoms with Crippen LogP contribution in [0.4, 0.5) is 0 Å². The normalized spacial score (nSPS) is 23.9. The van der Waals surface area contributed by atoms with Crippen molar-refractivity contribution in [1.82, 2.24) is 9.88 Å². The largest absolute Gasteiger partial charge is 0.451 e. The highest BCUT2D eigenvalue weighted by Crippen LogP contribution is 2.20. The lowest BCUT2D eigenvalue weighted by atomic mass is 9.96. The lowest BCUT2D eigenvalue weighted by Gasteiger charge is -2.31. The summed E-state index contributed by atoms with van der Waals surface area (Å²) in [6.45, 7) is 5.67. The summed E-state index contributed by atoms with van der Waals surface area (Å²) in [5.41, 5.74) is 1.06. The van der Waals surface area contributed by atoms with E-state index in [0.29, 0.717) is 0 Å². The molecule has 1 aliphatic heterocycles. The molecule has 0 radical (unpaired) electrons. The Morgan fingerprint density at radius 2 is 2.57 bits per heavy atom. The van der Waals surface area contributed by atoms with Crippen molar-refractivity contribution in [3.8, 4) is 0 Å². The molecule has 0 N–H and O–H groups in total. The minimum Gasteiger partial charge on any atom is -0.451 e. The molecule has 0 saturated carbocycles. The van der Waals surface area contributed by atoms with Crippen molar-refractivity contribution in [2.75, 3.05) is 13.1 Å². The number of oxazole rings is 1. The third-order valence-electron chi connectivity index (χ3n) is 3.05. The van der Waals surface area contributed by atoms with Gasteiger partial charge in [-0.1, -0.05) is 13.3 Å². The average molecular weight is 194 g/mol. The molecule has 14 heavy (non-hydrogen) atoms. The van der Waals surface area contributed by atoms with Crippen LogP contribution in [0.5, 0.6) is 0 Å². The highest BCUT2D eigenvalue weighted by atomic mass is 16.3. The number of piperidine rings is 1. The van der Waals surface area contributed by atoms with Gasteiger partial charge in [0.2, 0.25) is 0 Å². The second-order valence-corrected chi connectivity index (χ2v) is 4.13. The monoisotopic (exact) mass is 194 g/mol. The van der Waals surface area contributed by atoms with Gasteiger partial charge < -0.3 is 4.42 Å². The molecule has 2 rings (SSSR count). The number of nitrogens with zero attached hydrogens (tertiary/aromatic N) is 2. The summed E-state index contributed by atoms with van der Waals surface area (Å²) in [7, 11) is 0. The van der Waals surface area contributed by atoms with Crippen LogP contribution in [0.1, 0.15) is 31.9 Å². The van der Waals surface area contributed by atoms with Crippen molar-refractivity contribution < 1.29 is 4.42 Å². The maximum atomic E-state index is 4.97. The molecule has 3 nitrogen and oxygen atoms in total. The molecule has 78 valence electrons. The first-order valence-electron chi connectivity index (χ1n) is 5.48. The third-order valence-corrected chi connectivity index (χ3v) is 3.05. The molecule has 1 aromatic heterocycles. The van der Waals surface area contributed by atoms with E-state index in [1.165, 1.54) is 38.7 Å². The van der Waals surface area contributed by atoms with Gasteiger partial charge in [-0.15, -0.1) is 0 Å². The Bertz CT molecular complexity index is 258. The van der Waals surface area contributed by atoms with E-state index < -0.39 is 0 Å². The molecule has 0 spiro atoms. The molecule has 1 saturated heterocycles. The first kappa shape index (κ1) is 9.71. The predicted octanol–water partition coefficient (Wildman–Crippen LogP) is 2.30. The Kier molecular flexibility index (Phi) is 3.19. The van der Waals surface area contributed by atoms with Gasteiger partial charge in [0, 0.05) is 13.1 Å². The Labute approximate surface area is 85.1 Å². The quantitative estimate of drug-likeness (QED) is 0.739. The van der Waals surface area contributed by atoms with Crippen LogP contribution in [0.3, 0.4) is 0 Å². The molecule has 3 heteroatoms. The van der Waals surface area contributed by atoms with Crippen LogP contribution in [0.25, 0.3) is 0 Å². The fourth-order valence-corrected chi connectivity index (χ4v) is 2.17. The van der Waals surface area contributed by atoms with Crippen molar-refractivity contribution in [1.29, 1.82) is 0 Å². The zero-order chi connectivity index (χ0) is 9.80. The van der Waals surface area contributed by atoms with Crippen LogP contribution in [-0.2, 0) is 6.54 Å². The van der Waals surface area contributed by atoms with Crippen molar-refractivity contribution in [3.05, 3.63) is 18.4 Å². The van der Waals surface area contributed by atoms with Crippen molar-refractivity contribution in [3.63, 3.8) is 0 Å². The maximum Gasteiger partial charge on any atom is 0.180 e. The number of hydrogen-bond acceptors (Lipinski definition) is 3. The van der Waals surface area contributed by atoms with E-state index in [1.54, 1.807) is 6.26 Å². The zero-order valence-electron chi connectivity index (χ0n) is 8.78. The molecule has 0 bridgehead atoms. The molecule has 1 aliphatic rings. The predicted molar refractivity (Wildman–Crippen MR) is 54.8 cm³/mol. The molecular weight excluding hydrogens is 176 g/mol. The van der Waals surface area contributed by atoms with Crippen LogP contribution in [0.15, 0.2) is 17.1 Å². The average Bonchev–Trinajstić information content (AvgIpc) is 2.71. The second kappa shape index (κ2) is 4.60. The fraction of sp³-hybridized carbons (Fsp3) is 0.727. The summed E-state index contributed by atoms with van der Waals surface area (Å²) in [6, 6.07) is 0. The summed E-state index contributed by atoms with van der Waals surface area (Å²) in [5, 5.41) is 0.